The van der Waals surface area contributed by atoms with Gasteiger partial charge in [-0.15, -0.1) is 0 Å². The second-order valence-corrected chi connectivity index (χ2v) is 7.18. The van der Waals surface area contributed by atoms with Crippen LogP contribution in [0.1, 0.15) is 18.4 Å². The summed E-state index contributed by atoms with van der Waals surface area (Å²) in [7, 11) is 0. The van der Waals surface area contributed by atoms with E-state index in [1.54, 1.807) is 6.07 Å². The van der Waals surface area contributed by atoms with Crippen LogP contribution in [-0.2, 0) is 11.2 Å². The number of pyridine rings is 1. The summed E-state index contributed by atoms with van der Waals surface area (Å²) in [5, 5.41) is 31.5. The molecule has 128 valence electrons. The standard InChI is InChI=1S/C17H19ClN2O4/c18-11-7-10-6-8(1-2-12(10)20-15(11)19)5-9-3-4-17(23)13(21)16(22)24-14(9)17/h1-2,6-7,9,13-14,16,21-23H,3-5H2,(H2,19,20)/t9-,13-,14+,16?,17-/m0/s1. The normalized spacial score (nSPS) is 35.5. The van der Waals surface area contributed by atoms with Gasteiger partial charge in [0.25, 0.3) is 0 Å². The second kappa shape index (κ2) is 5.54. The minimum atomic E-state index is -1.36. The third-order valence-electron chi connectivity index (χ3n) is 5.26. The van der Waals surface area contributed by atoms with Crippen LogP contribution in [0, 0.1) is 5.92 Å². The zero-order valence-corrected chi connectivity index (χ0v) is 13.6. The monoisotopic (exact) mass is 350 g/mol. The number of nitrogen functional groups attached to an aromatic ring is 1. The maximum Gasteiger partial charge on any atom is 0.184 e. The van der Waals surface area contributed by atoms with Crippen LogP contribution in [-0.4, -0.2) is 44.4 Å². The minimum absolute atomic E-state index is 0.0245. The van der Waals surface area contributed by atoms with E-state index in [1.807, 2.05) is 18.2 Å². The van der Waals surface area contributed by atoms with Crippen LogP contribution in [0.25, 0.3) is 10.9 Å². The maximum absolute atomic E-state index is 10.6. The highest BCUT2D eigenvalue weighted by Gasteiger charge is 2.60. The van der Waals surface area contributed by atoms with Gasteiger partial charge < -0.3 is 25.8 Å². The van der Waals surface area contributed by atoms with Crippen LogP contribution in [0.2, 0.25) is 5.02 Å². The molecule has 2 aromatic rings. The van der Waals surface area contributed by atoms with Gasteiger partial charge in [-0.1, -0.05) is 17.7 Å². The number of rotatable bonds is 2. The van der Waals surface area contributed by atoms with E-state index in [9.17, 15) is 15.3 Å². The highest BCUT2D eigenvalue weighted by Crippen LogP contribution is 2.46. The van der Waals surface area contributed by atoms with Gasteiger partial charge in [0.15, 0.2) is 6.29 Å². The number of halogens is 1. The smallest absolute Gasteiger partial charge is 0.184 e. The molecule has 1 saturated carbocycles. The van der Waals surface area contributed by atoms with E-state index in [2.05, 4.69) is 4.98 Å². The number of benzene rings is 1. The molecular weight excluding hydrogens is 332 g/mol. The lowest BCUT2D eigenvalue weighted by Gasteiger charge is -2.25. The Balaban J connectivity index is 1.60. The molecule has 1 aliphatic heterocycles. The Hall–Kier alpha value is -1.44. The molecule has 24 heavy (non-hydrogen) atoms. The maximum atomic E-state index is 10.6. The molecule has 2 fully saturated rings. The molecule has 0 bridgehead atoms. The number of anilines is 1. The first-order valence-corrected chi connectivity index (χ1v) is 8.35. The van der Waals surface area contributed by atoms with Gasteiger partial charge in [0.05, 0.1) is 16.6 Å². The van der Waals surface area contributed by atoms with Crippen LogP contribution in [0.4, 0.5) is 5.82 Å². The Labute approximate surface area is 143 Å². The summed E-state index contributed by atoms with van der Waals surface area (Å²) in [5.74, 6) is 0.330. The molecule has 1 aliphatic carbocycles. The number of fused-ring (bicyclic) bond motifs is 2. The molecule has 5 atom stereocenters. The van der Waals surface area contributed by atoms with Gasteiger partial charge in [-0.2, -0.15) is 0 Å². The van der Waals surface area contributed by atoms with Crippen molar-refractivity contribution in [2.45, 2.75) is 43.4 Å². The lowest BCUT2D eigenvalue weighted by molar-refractivity contribution is -0.137. The average Bonchev–Trinajstić information content (AvgIpc) is 2.96. The summed E-state index contributed by atoms with van der Waals surface area (Å²) in [6.07, 6.45) is -1.33. The van der Waals surface area contributed by atoms with Gasteiger partial charge in [0, 0.05) is 5.39 Å². The van der Waals surface area contributed by atoms with E-state index in [0.29, 0.717) is 23.7 Å². The highest BCUT2D eigenvalue weighted by atomic mass is 35.5. The Morgan fingerprint density at radius 2 is 2.12 bits per heavy atom. The zero-order chi connectivity index (χ0) is 17.1. The lowest BCUT2D eigenvalue weighted by atomic mass is 9.90. The van der Waals surface area contributed by atoms with Crippen LogP contribution in [0.3, 0.4) is 0 Å². The predicted octanol–water partition coefficient (Wildman–Crippen LogP) is 1.23. The number of hydrogen-bond acceptors (Lipinski definition) is 6. The number of hydrogen-bond donors (Lipinski definition) is 4. The summed E-state index contributed by atoms with van der Waals surface area (Å²) in [5.41, 5.74) is 6.18. The largest absolute Gasteiger partial charge is 0.385 e. The van der Waals surface area contributed by atoms with Crippen molar-refractivity contribution < 1.29 is 20.1 Å². The van der Waals surface area contributed by atoms with Crippen molar-refractivity contribution in [1.29, 1.82) is 0 Å². The SMILES string of the molecule is Nc1nc2ccc(C[C@@H]3CC[C@@]4(O)[C@@H]3OC(O)[C@@H]4O)cc2cc1Cl. The number of nitrogens with zero attached hydrogens (tertiary/aromatic N) is 1. The molecule has 0 spiro atoms. The van der Waals surface area contributed by atoms with Crippen molar-refractivity contribution in [2.75, 3.05) is 5.73 Å². The van der Waals surface area contributed by atoms with E-state index in [1.165, 1.54) is 0 Å². The summed E-state index contributed by atoms with van der Waals surface area (Å²) in [6, 6.07) is 7.62. The van der Waals surface area contributed by atoms with Gasteiger partial charge in [-0.3, -0.25) is 0 Å². The predicted molar refractivity (Wildman–Crippen MR) is 89.4 cm³/mol. The lowest BCUT2D eigenvalue weighted by Crippen LogP contribution is -2.46. The fraction of sp³-hybridized carbons (Fsp3) is 0.471. The summed E-state index contributed by atoms with van der Waals surface area (Å²) in [6.45, 7) is 0. The summed E-state index contributed by atoms with van der Waals surface area (Å²) in [4.78, 5) is 4.25. The molecule has 1 saturated heterocycles. The molecule has 1 unspecified atom stereocenters. The number of nitrogens with two attached hydrogens (primary N) is 1. The third kappa shape index (κ3) is 2.37. The van der Waals surface area contributed by atoms with Gasteiger partial charge >= 0.3 is 0 Å². The zero-order valence-electron chi connectivity index (χ0n) is 12.9. The molecule has 0 amide bonds. The van der Waals surface area contributed by atoms with Crippen LogP contribution >= 0.6 is 11.6 Å². The third-order valence-corrected chi connectivity index (χ3v) is 5.57. The summed E-state index contributed by atoms with van der Waals surface area (Å²) < 4.78 is 5.41. The van der Waals surface area contributed by atoms with Crippen molar-refractivity contribution in [3.05, 3.63) is 34.9 Å². The average molecular weight is 351 g/mol. The molecule has 5 N–H and O–H groups in total. The van der Waals surface area contributed by atoms with Crippen molar-refractivity contribution in [2.24, 2.45) is 5.92 Å². The molecule has 0 radical (unpaired) electrons. The van der Waals surface area contributed by atoms with Gasteiger partial charge in [-0.05, 0) is 48.9 Å². The van der Waals surface area contributed by atoms with Gasteiger partial charge in [-0.25, -0.2) is 4.98 Å². The Morgan fingerprint density at radius 1 is 1.33 bits per heavy atom. The number of ether oxygens (including phenoxy) is 1. The summed E-state index contributed by atoms with van der Waals surface area (Å²) >= 11 is 6.04. The molecule has 1 aromatic carbocycles. The molecule has 6 nitrogen and oxygen atoms in total. The first kappa shape index (κ1) is 16.1. The first-order chi connectivity index (χ1) is 11.4. The van der Waals surface area contributed by atoms with Crippen molar-refractivity contribution in [3.63, 3.8) is 0 Å². The topological polar surface area (TPSA) is 109 Å². The van der Waals surface area contributed by atoms with E-state index in [0.717, 1.165) is 22.9 Å². The molecule has 7 heteroatoms. The quantitative estimate of drug-likeness (QED) is 0.648. The Kier molecular flexibility index (Phi) is 3.71. The molecule has 2 heterocycles. The van der Waals surface area contributed by atoms with E-state index in [4.69, 9.17) is 22.1 Å². The van der Waals surface area contributed by atoms with Gasteiger partial charge in [0.1, 0.15) is 17.5 Å². The minimum Gasteiger partial charge on any atom is -0.385 e. The number of aliphatic hydroxyl groups is 3. The first-order valence-electron chi connectivity index (χ1n) is 7.97. The highest BCUT2D eigenvalue weighted by molar-refractivity contribution is 6.33. The number of aliphatic hydroxyl groups excluding tert-OH is 2. The van der Waals surface area contributed by atoms with Crippen molar-refractivity contribution >= 4 is 28.3 Å². The van der Waals surface area contributed by atoms with Gasteiger partial charge in [0.2, 0.25) is 0 Å². The second-order valence-electron chi connectivity index (χ2n) is 6.77. The van der Waals surface area contributed by atoms with E-state index in [-0.39, 0.29) is 5.92 Å². The van der Waals surface area contributed by atoms with Crippen LogP contribution < -0.4 is 5.73 Å². The fourth-order valence-electron chi connectivity index (χ4n) is 3.99. The van der Waals surface area contributed by atoms with Crippen molar-refractivity contribution in [3.8, 4) is 0 Å². The van der Waals surface area contributed by atoms with Crippen molar-refractivity contribution in [1.82, 2.24) is 4.98 Å². The van der Waals surface area contributed by atoms with Crippen LogP contribution in [0.5, 0.6) is 0 Å². The molecule has 4 rings (SSSR count). The molecule has 1 aromatic heterocycles. The van der Waals surface area contributed by atoms with E-state index < -0.39 is 24.1 Å². The fourth-order valence-corrected chi connectivity index (χ4v) is 4.15. The molecule has 2 aliphatic rings. The molecular formula is C17H19ClN2O4. The number of aromatic nitrogens is 1. The van der Waals surface area contributed by atoms with E-state index >= 15 is 0 Å². The Morgan fingerprint density at radius 3 is 2.92 bits per heavy atom. The Bertz CT molecular complexity index is 801. The van der Waals surface area contributed by atoms with Crippen LogP contribution in [0.15, 0.2) is 24.3 Å².